The van der Waals surface area contributed by atoms with E-state index in [0.29, 0.717) is 24.4 Å². The van der Waals surface area contributed by atoms with E-state index in [2.05, 4.69) is 4.74 Å². The lowest BCUT2D eigenvalue weighted by atomic mass is 10.0. The number of carbonyl (C=O) groups is 1. The summed E-state index contributed by atoms with van der Waals surface area (Å²) in [5, 5.41) is 11.6. The number of nitrogens with zero attached hydrogens (tertiary/aromatic N) is 2. The van der Waals surface area contributed by atoms with Crippen molar-refractivity contribution < 1.29 is 27.6 Å². The minimum atomic E-state index is -3.83. The van der Waals surface area contributed by atoms with Crippen molar-refractivity contribution in [3.8, 4) is 11.5 Å². The normalized spacial score (nSPS) is 17.2. The van der Waals surface area contributed by atoms with Crippen LogP contribution in [0.15, 0.2) is 47.4 Å². The van der Waals surface area contributed by atoms with E-state index in [-0.39, 0.29) is 29.0 Å². The van der Waals surface area contributed by atoms with E-state index in [1.165, 1.54) is 23.5 Å². The summed E-state index contributed by atoms with van der Waals surface area (Å²) >= 11 is 0. The zero-order chi connectivity index (χ0) is 22.6. The van der Waals surface area contributed by atoms with E-state index in [4.69, 9.17) is 4.74 Å². The molecule has 3 rings (SSSR count). The van der Waals surface area contributed by atoms with Crippen molar-refractivity contribution in [1.82, 2.24) is 4.31 Å². The Bertz CT molecular complexity index is 1070. The predicted octanol–water partition coefficient (Wildman–Crippen LogP) is 3.52. The molecule has 10 heteroatoms. The molecule has 1 atom stereocenters. The van der Waals surface area contributed by atoms with Gasteiger partial charge >= 0.3 is 11.7 Å². The fraction of sp³-hybridized carbons (Fsp3) is 0.381. The Kier molecular flexibility index (Phi) is 6.91. The zero-order valence-electron chi connectivity index (χ0n) is 17.3. The number of nitro groups is 1. The van der Waals surface area contributed by atoms with Crippen molar-refractivity contribution >= 4 is 21.7 Å². The van der Waals surface area contributed by atoms with Crippen LogP contribution in [0.25, 0.3) is 0 Å². The van der Waals surface area contributed by atoms with Gasteiger partial charge in [-0.15, -0.1) is 0 Å². The maximum Gasteiger partial charge on any atom is 0.312 e. The second-order valence-electron chi connectivity index (χ2n) is 7.50. The van der Waals surface area contributed by atoms with Crippen LogP contribution in [0.1, 0.15) is 25.3 Å². The Morgan fingerprint density at radius 3 is 2.55 bits per heavy atom. The van der Waals surface area contributed by atoms with Crippen LogP contribution in [0.4, 0.5) is 5.69 Å². The highest BCUT2D eigenvalue weighted by Crippen LogP contribution is 2.35. The molecule has 1 unspecified atom stereocenters. The van der Waals surface area contributed by atoms with Crippen molar-refractivity contribution in [2.24, 2.45) is 5.92 Å². The lowest BCUT2D eigenvalue weighted by Gasteiger charge is -2.30. The van der Waals surface area contributed by atoms with Gasteiger partial charge in [-0.1, -0.05) is 19.1 Å². The third-order valence-corrected chi connectivity index (χ3v) is 6.97. The first-order valence-corrected chi connectivity index (χ1v) is 11.3. The van der Waals surface area contributed by atoms with Crippen LogP contribution in [0.3, 0.4) is 0 Å². The molecule has 0 N–H and O–H groups in total. The highest BCUT2D eigenvalue weighted by molar-refractivity contribution is 7.89. The van der Waals surface area contributed by atoms with Crippen LogP contribution >= 0.6 is 0 Å². The number of rotatable bonds is 7. The number of piperidine rings is 1. The van der Waals surface area contributed by atoms with Gasteiger partial charge in [-0.3, -0.25) is 14.9 Å². The lowest BCUT2D eigenvalue weighted by molar-refractivity contribution is -0.385. The second-order valence-corrected chi connectivity index (χ2v) is 9.43. The molecule has 1 heterocycles. The van der Waals surface area contributed by atoms with Crippen molar-refractivity contribution in [2.45, 2.75) is 31.1 Å². The predicted molar refractivity (Wildman–Crippen MR) is 112 cm³/mol. The third-order valence-electron chi connectivity index (χ3n) is 5.11. The summed E-state index contributed by atoms with van der Waals surface area (Å²) < 4.78 is 37.5. The van der Waals surface area contributed by atoms with Gasteiger partial charge in [0.15, 0.2) is 0 Å². The largest absolute Gasteiger partial charge is 0.469 e. The molecular weight excluding hydrogens is 424 g/mol. The molecule has 0 saturated carbocycles. The van der Waals surface area contributed by atoms with Crippen LogP contribution in [0.2, 0.25) is 0 Å². The molecule has 9 nitrogen and oxygen atoms in total. The quantitative estimate of drug-likeness (QED) is 0.361. The van der Waals surface area contributed by atoms with E-state index in [1.807, 2.05) is 6.92 Å². The van der Waals surface area contributed by atoms with Gasteiger partial charge in [0.05, 0.1) is 23.3 Å². The number of carbonyl (C=O) groups excluding carboxylic acids is 1. The molecule has 0 aliphatic carbocycles. The summed E-state index contributed by atoms with van der Waals surface area (Å²) in [5.41, 5.74) is 0.260. The molecule has 0 bridgehead atoms. The number of benzene rings is 2. The van der Waals surface area contributed by atoms with Gasteiger partial charge < -0.3 is 9.47 Å². The van der Waals surface area contributed by atoms with Gasteiger partial charge in [-0.05, 0) is 48.6 Å². The van der Waals surface area contributed by atoms with Gasteiger partial charge in [0.2, 0.25) is 15.8 Å². The summed E-state index contributed by atoms with van der Waals surface area (Å²) in [6.07, 6.45) is 1.81. The van der Waals surface area contributed by atoms with Crippen LogP contribution in [-0.2, 0) is 26.0 Å². The van der Waals surface area contributed by atoms with Gasteiger partial charge in [-0.25, -0.2) is 8.42 Å². The van der Waals surface area contributed by atoms with E-state index in [1.54, 1.807) is 24.3 Å². The molecule has 2 aromatic rings. The van der Waals surface area contributed by atoms with Crippen molar-refractivity contribution in [1.29, 1.82) is 0 Å². The minimum absolute atomic E-state index is 0.0725. The topological polar surface area (TPSA) is 116 Å². The number of ether oxygens (including phenoxy) is 2. The number of nitro benzene ring substituents is 1. The monoisotopic (exact) mass is 448 g/mol. The van der Waals surface area contributed by atoms with Gasteiger partial charge in [0, 0.05) is 19.2 Å². The number of sulfonamides is 1. The molecule has 1 fully saturated rings. The molecule has 2 aromatic carbocycles. The van der Waals surface area contributed by atoms with Crippen LogP contribution in [0.5, 0.6) is 11.5 Å². The van der Waals surface area contributed by atoms with Crippen molar-refractivity contribution in [3.63, 3.8) is 0 Å². The van der Waals surface area contributed by atoms with E-state index >= 15 is 0 Å². The zero-order valence-corrected chi connectivity index (χ0v) is 18.1. The number of methoxy groups -OCH3 is 1. The Morgan fingerprint density at radius 1 is 1.23 bits per heavy atom. The van der Waals surface area contributed by atoms with Crippen molar-refractivity contribution in [3.05, 3.63) is 58.1 Å². The third kappa shape index (κ3) is 5.39. The highest BCUT2D eigenvalue weighted by atomic mass is 32.2. The highest BCUT2D eigenvalue weighted by Gasteiger charge is 2.31. The lowest BCUT2D eigenvalue weighted by Crippen LogP contribution is -2.39. The number of hydrogen-bond donors (Lipinski definition) is 0. The summed E-state index contributed by atoms with van der Waals surface area (Å²) in [4.78, 5) is 22.1. The molecule has 0 radical (unpaired) electrons. The van der Waals surface area contributed by atoms with E-state index in [9.17, 15) is 23.3 Å². The molecule has 1 saturated heterocycles. The van der Waals surface area contributed by atoms with E-state index < -0.39 is 20.6 Å². The van der Waals surface area contributed by atoms with Gasteiger partial charge in [-0.2, -0.15) is 4.31 Å². The summed E-state index contributed by atoms with van der Waals surface area (Å²) in [7, 11) is -2.53. The standard InChI is InChI=1S/C21H24N2O7S/c1-15-4-3-11-22(14-15)31(27,28)18-9-10-20(19(13-18)23(25)26)30-17-7-5-16(6-8-17)12-21(24)29-2/h5-10,13,15H,3-4,11-12,14H2,1-2H3. The van der Waals surface area contributed by atoms with Crippen molar-refractivity contribution in [2.75, 3.05) is 20.2 Å². The smallest absolute Gasteiger partial charge is 0.312 e. The second kappa shape index (κ2) is 9.44. The Hall–Kier alpha value is -2.98. The number of esters is 1. The molecule has 0 spiro atoms. The molecule has 0 aromatic heterocycles. The summed E-state index contributed by atoms with van der Waals surface area (Å²) in [6, 6.07) is 10.1. The fourth-order valence-corrected chi connectivity index (χ4v) is 5.06. The Labute approximate surface area is 180 Å². The van der Waals surface area contributed by atoms with Crippen LogP contribution in [0, 0.1) is 16.0 Å². The molecule has 166 valence electrons. The number of hydrogen-bond acceptors (Lipinski definition) is 7. The first kappa shape index (κ1) is 22.7. The molecular formula is C21H24N2O7S. The minimum Gasteiger partial charge on any atom is -0.469 e. The van der Waals surface area contributed by atoms with Crippen LogP contribution in [-0.4, -0.2) is 43.8 Å². The Morgan fingerprint density at radius 2 is 1.94 bits per heavy atom. The van der Waals surface area contributed by atoms with Gasteiger partial charge in [0.1, 0.15) is 5.75 Å². The maximum atomic E-state index is 13.0. The molecule has 1 aliphatic rings. The first-order valence-electron chi connectivity index (χ1n) is 9.83. The average molecular weight is 448 g/mol. The molecule has 31 heavy (non-hydrogen) atoms. The van der Waals surface area contributed by atoms with Gasteiger partial charge in [0.25, 0.3) is 0 Å². The fourth-order valence-electron chi connectivity index (χ4n) is 3.44. The molecule has 1 aliphatic heterocycles. The average Bonchev–Trinajstić information content (AvgIpc) is 2.75. The summed E-state index contributed by atoms with van der Waals surface area (Å²) in [6.45, 7) is 2.78. The van der Waals surface area contributed by atoms with Crippen LogP contribution < -0.4 is 4.74 Å². The first-order chi connectivity index (χ1) is 14.7. The summed E-state index contributed by atoms with van der Waals surface area (Å²) in [5.74, 6) is 0.0985. The maximum absolute atomic E-state index is 13.0. The Balaban J connectivity index is 1.84. The van der Waals surface area contributed by atoms with E-state index in [0.717, 1.165) is 18.9 Å². The molecule has 0 amide bonds. The SMILES string of the molecule is COC(=O)Cc1ccc(Oc2ccc(S(=O)(=O)N3CCCC(C)C3)cc2[N+](=O)[O-])cc1.